The molecule has 0 unspecified atom stereocenters. The number of anilines is 1. The second kappa shape index (κ2) is 8.89. The van der Waals surface area contributed by atoms with Crippen molar-refractivity contribution in [1.29, 1.82) is 0 Å². The first-order valence-corrected chi connectivity index (χ1v) is 10.8. The fourth-order valence-electron chi connectivity index (χ4n) is 4.40. The van der Waals surface area contributed by atoms with Gasteiger partial charge in [-0.05, 0) is 56.3 Å². The molecule has 1 aromatic heterocycles. The van der Waals surface area contributed by atoms with Gasteiger partial charge in [0.2, 0.25) is 0 Å². The van der Waals surface area contributed by atoms with Crippen molar-refractivity contribution < 1.29 is 27.9 Å². The Hall–Kier alpha value is -3.75. The van der Waals surface area contributed by atoms with Crippen molar-refractivity contribution in [3.05, 3.63) is 82.7 Å². The van der Waals surface area contributed by atoms with Crippen molar-refractivity contribution in [1.82, 2.24) is 9.47 Å². The number of carbonyl (C=O) groups excluding carboxylic acids is 1. The summed E-state index contributed by atoms with van der Waals surface area (Å²) in [5.41, 5.74) is 1.89. The van der Waals surface area contributed by atoms with E-state index in [1.165, 1.54) is 24.3 Å². The molecule has 1 amide bonds. The molecule has 9 heteroatoms. The van der Waals surface area contributed by atoms with Crippen LogP contribution in [-0.4, -0.2) is 52.6 Å². The van der Waals surface area contributed by atoms with Crippen molar-refractivity contribution in [2.24, 2.45) is 0 Å². The second-order valence-electron chi connectivity index (χ2n) is 8.28. The zero-order valence-corrected chi connectivity index (χ0v) is 18.8. The number of amides is 1. The lowest BCUT2D eigenvalue weighted by Gasteiger charge is -2.37. The number of piperazine rings is 1. The maximum Gasteiger partial charge on any atom is 0.418 e. The highest BCUT2D eigenvalue weighted by atomic mass is 19.4. The number of carboxylic acids is 1. The predicted octanol–water partition coefficient (Wildman–Crippen LogP) is 4.77. The van der Waals surface area contributed by atoms with Gasteiger partial charge in [-0.15, -0.1) is 0 Å². The molecule has 0 bridgehead atoms. The third kappa shape index (κ3) is 4.37. The van der Waals surface area contributed by atoms with Crippen molar-refractivity contribution in [3.8, 4) is 5.69 Å². The maximum absolute atomic E-state index is 13.4. The van der Waals surface area contributed by atoms with Crippen LogP contribution in [0, 0.1) is 13.8 Å². The summed E-state index contributed by atoms with van der Waals surface area (Å²) in [5, 5.41) is 9.65. The van der Waals surface area contributed by atoms with Gasteiger partial charge in [-0.25, -0.2) is 4.79 Å². The van der Waals surface area contributed by atoms with Gasteiger partial charge in [0, 0.05) is 48.8 Å². The number of aromatic nitrogens is 1. The molecule has 0 spiro atoms. The highest BCUT2D eigenvalue weighted by molar-refractivity contribution is 5.98. The summed E-state index contributed by atoms with van der Waals surface area (Å²) in [7, 11) is 0. The van der Waals surface area contributed by atoms with Crippen LogP contribution in [0.3, 0.4) is 0 Å². The Morgan fingerprint density at radius 3 is 2.06 bits per heavy atom. The lowest BCUT2D eigenvalue weighted by molar-refractivity contribution is -0.137. The van der Waals surface area contributed by atoms with Crippen molar-refractivity contribution >= 4 is 17.6 Å². The lowest BCUT2D eigenvalue weighted by atomic mass is 10.1. The third-order valence-electron chi connectivity index (χ3n) is 6.10. The minimum absolute atomic E-state index is 0.0764. The molecule has 2 aromatic carbocycles. The summed E-state index contributed by atoms with van der Waals surface area (Å²) in [6.07, 6.45) is -4.46. The largest absolute Gasteiger partial charge is 0.478 e. The van der Waals surface area contributed by atoms with Gasteiger partial charge in [0.1, 0.15) is 0 Å². The number of carbonyl (C=O) groups is 2. The number of carboxylic acid groups (broad SMARTS) is 1. The number of aromatic carboxylic acids is 1. The lowest BCUT2D eigenvalue weighted by Crippen LogP contribution is -2.49. The Balaban J connectivity index is 1.57. The molecule has 2 heterocycles. The Labute approximate surface area is 194 Å². The molecule has 0 radical (unpaired) electrons. The molecule has 0 aliphatic carbocycles. The quantitative estimate of drug-likeness (QED) is 0.595. The number of benzene rings is 2. The summed E-state index contributed by atoms with van der Waals surface area (Å²) in [4.78, 5) is 28.2. The van der Waals surface area contributed by atoms with E-state index in [1.807, 2.05) is 26.0 Å². The SMILES string of the molecule is Cc1ccc(C)n1-c1cc(C(=O)N2CCN(c3ccccc3C(F)(F)F)CC2)ccc1C(=O)O. The van der Waals surface area contributed by atoms with Crippen LogP contribution in [0.2, 0.25) is 0 Å². The van der Waals surface area contributed by atoms with Gasteiger partial charge in [-0.1, -0.05) is 12.1 Å². The Kier molecular flexibility index (Phi) is 6.12. The van der Waals surface area contributed by atoms with E-state index in [0.717, 1.165) is 17.5 Å². The molecule has 6 nitrogen and oxygen atoms in total. The van der Waals surface area contributed by atoms with Crippen LogP contribution in [0.1, 0.15) is 37.7 Å². The molecule has 0 saturated carbocycles. The molecular weight excluding hydrogens is 447 g/mol. The van der Waals surface area contributed by atoms with Gasteiger partial charge in [-0.2, -0.15) is 13.2 Å². The second-order valence-corrected chi connectivity index (χ2v) is 8.28. The number of halogens is 3. The van der Waals surface area contributed by atoms with Gasteiger partial charge in [0.25, 0.3) is 5.91 Å². The predicted molar refractivity (Wildman–Crippen MR) is 122 cm³/mol. The number of para-hydroxylation sites is 1. The number of nitrogens with zero attached hydrogens (tertiary/aromatic N) is 3. The summed E-state index contributed by atoms with van der Waals surface area (Å²) >= 11 is 0. The van der Waals surface area contributed by atoms with Crippen LogP contribution in [0.25, 0.3) is 5.69 Å². The van der Waals surface area contributed by atoms with Crippen LogP contribution in [0.4, 0.5) is 18.9 Å². The fraction of sp³-hybridized carbons (Fsp3) is 0.280. The average Bonchev–Trinajstić information content (AvgIpc) is 3.15. The number of alkyl halides is 3. The molecule has 4 rings (SSSR count). The average molecular weight is 471 g/mol. The van der Waals surface area contributed by atoms with Crippen LogP contribution < -0.4 is 4.90 Å². The van der Waals surface area contributed by atoms with Gasteiger partial charge in [0.05, 0.1) is 16.8 Å². The molecule has 34 heavy (non-hydrogen) atoms. The fourth-order valence-corrected chi connectivity index (χ4v) is 4.40. The van der Waals surface area contributed by atoms with Crippen molar-refractivity contribution in [2.75, 3.05) is 31.1 Å². The Bertz CT molecular complexity index is 1220. The number of hydrogen-bond acceptors (Lipinski definition) is 3. The molecule has 1 aliphatic heterocycles. The van der Waals surface area contributed by atoms with Crippen LogP contribution in [-0.2, 0) is 6.18 Å². The van der Waals surface area contributed by atoms with E-state index in [9.17, 15) is 27.9 Å². The summed E-state index contributed by atoms with van der Waals surface area (Å²) in [6.45, 7) is 4.73. The topological polar surface area (TPSA) is 65.8 Å². The number of rotatable bonds is 4. The van der Waals surface area contributed by atoms with E-state index in [-0.39, 0.29) is 43.3 Å². The summed E-state index contributed by atoms with van der Waals surface area (Å²) in [5.74, 6) is -1.39. The van der Waals surface area contributed by atoms with E-state index in [0.29, 0.717) is 11.3 Å². The molecule has 3 aromatic rings. The molecule has 0 atom stereocenters. The first-order chi connectivity index (χ1) is 16.1. The van der Waals surface area contributed by atoms with Crippen LogP contribution in [0.15, 0.2) is 54.6 Å². The minimum Gasteiger partial charge on any atom is -0.478 e. The zero-order valence-electron chi connectivity index (χ0n) is 18.8. The Morgan fingerprint density at radius 2 is 1.47 bits per heavy atom. The summed E-state index contributed by atoms with van der Waals surface area (Å²) < 4.78 is 42.0. The van der Waals surface area contributed by atoms with Crippen LogP contribution in [0.5, 0.6) is 0 Å². The molecule has 1 fully saturated rings. The van der Waals surface area contributed by atoms with E-state index in [1.54, 1.807) is 26.5 Å². The molecule has 178 valence electrons. The number of hydrogen-bond donors (Lipinski definition) is 1. The van der Waals surface area contributed by atoms with Gasteiger partial charge in [0.15, 0.2) is 0 Å². The van der Waals surface area contributed by atoms with E-state index < -0.39 is 17.7 Å². The normalized spacial score (nSPS) is 14.4. The van der Waals surface area contributed by atoms with Gasteiger partial charge in [-0.3, -0.25) is 4.79 Å². The van der Waals surface area contributed by atoms with Crippen molar-refractivity contribution in [3.63, 3.8) is 0 Å². The van der Waals surface area contributed by atoms with Gasteiger partial charge >= 0.3 is 12.1 Å². The van der Waals surface area contributed by atoms with E-state index >= 15 is 0 Å². The first-order valence-electron chi connectivity index (χ1n) is 10.8. The molecule has 1 saturated heterocycles. The van der Waals surface area contributed by atoms with Crippen molar-refractivity contribution in [2.45, 2.75) is 20.0 Å². The van der Waals surface area contributed by atoms with Gasteiger partial charge < -0.3 is 19.5 Å². The smallest absolute Gasteiger partial charge is 0.418 e. The van der Waals surface area contributed by atoms with Crippen LogP contribution >= 0.6 is 0 Å². The summed E-state index contributed by atoms with van der Waals surface area (Å²) in [6, 6.07) is 13.6. The highest BCUT2D eigenvalue weighted by Gasteiger charge is 2.35. The van der Waals surface area contributed by atoms with E-state index in [4.69, 9.17) is 0 Å². The monoisotopic (exact) mass is 471 g/mol. The first kappa shape index (κ1) is 23.4. The maximum atomic E-state index is 13.4. The standard InChI is InChI=1S/C25H24F3N3O3/c1-16-7-8-17(2)31(16)22-15-18(9-10-19(22)24(33)34)23(32)30-13-11-29(12-14-30)21-6-4-3-5-20(21)25(26,27)28/h3-10,15H,11-14H2,1-2H3,(H,33,34). The number of aryl methyl sites for hydroxylation is 2. The third-order valence-corrected chi connectivity index (χ3v) is 6.10. The van der Waals surface area contributed by atoms with E-state index in [2.05, 4.69) is 0 Å². The molecule has 1 N–H and O–H groups in total. The zero-order chi connectivity index (χ0) is 24.6. The molecule has 1 aliphatic rings. The Morgan fingerprint density at radius 1 is 0.853 bits per heavy atom. The minimum atomic E-state index is -4.46. The highest BCUT2D eigenvalue weighted by Crippen LogP contribution is 2.36. The molecular formula is C25H24F3N3O3.